The van der Waals surface area contributed by atoms with Crippen molar-refractivity contribution >= 4 is 32.9 Å². The number of piperidine rings is 1. The van der Waals surface area contributed by atoms with Gasteiger partial charge in [0.1, 0.15) is 17.3 Å². The Balaban J connectivity index is 0.000000682. The quantitative estimate of drug-likeness (QED) is 0.243. The summed E-state index contributed by atoms with van der Waals surface area (Å²) < 4.78 is 43.1. The molecule has 0 unspecified atom stereocenters. The molecule has 0 atom stereocenters. The fourth-order valence-electron chi connectivity index (χ4n) is 6.20. The number of fused-ring (bicyclic) bond motifs is 1. The second-order valence-corrected chi connectivity index (χ2v) is 13.3. The molecule has 10 nitrogen and oxygen atoms in total. The molecule has 0 bridgehead atoms. The molecule has 0 amide bonds. The maximum atomic E-state index is 14.9. The molecule has 0 radical (unpaired) electrons. The molecule has 12 heteroatoms. The lowest BCUT2D eigenvalue weighted by atomic mass is 9.90. The molecule has 1 aliphatic heterocycles. The van der Waals surface area contributed by atoms with Crippen LogP contribution in [0.1, 0.15) is 75.7 Å². The zero-order valence-electron chi connectivity index (χ0n) is 25.2. The van der Waals surface area contributed by atoms with Crippen LogP contribution in [0.4, 0.5) is 16.2 Å². The van der Waals surface area contributed by atoms with Gasteiger partial charge in [-0.3, -0.25) is 4.55 Å². The molecule has 230 valence electrons. The number of aromatic nitrogens is 5. The molecule has 2 aliphatic rings. The Kier molecular flexibility index (Phi) is 9.38. The van der Waals surface area contributed by atoms with Gasteiger partial charge in [-0.2, -0.15) is 8.42 Å². The van der Waals surface area contributed by atoms with Crippen LogP contribution in [0.5, 0.6) is 0 Å². The maximum Gasteiger partial charge on any atom is 0.261 e. The molecule has 2 fully saturated rings. The highest BCUT2D eigenvalue weighted by Crippen LogP contribution is 2.35. The minimum atomic E-state index is -3.67. The van der Waals surface area contributed by atoms with Gasteiger partial charge in [0, 0.05) is 23.8 Å². The highest BCUT2D eigenvalue weighted by molar-refractivity contribution is 7.85. The number of imidazole rings is 1. The summed E-state index contributed by atoms with van der Waals surface area (Å²) in [6, 6.07) is 11.0. The Morgan fingerprint density at radius 3 is 2.33 bits per heavy atom. The molecule has 43 heavy (non-hydrogen) atoms. The predicted molar refractivity (Wildman–Crippen MR) is 167 cm³/mol. The highest BCUT2D eigenvalue weighted by Gasteiger charge is 2.23. The molecular formula is C31H40FN7O3S. The standard InChI is InChI=1S/C30H36FN7.CH4O3S/c1-19(2)37-14-12-21(13-15-37)23-9-11-28(32-17-23)35-30-33-18-25(31)29(36-30)22-8-10-26-27(16-22)38(20(3)34-26)24-6-4-5-7-24;1-5(2,3)4/h8-11,16-19,21,24H,4-7,12-15H2,1-3H3,(H,32,33,35,36);1H3,(H,2,3,4). The van der Waals surface area contributed by atoms with E-state index in [1.54, 1.807) is 0 Å². The van der Waals surface area contributed by atoms with E-state index in [9.17, 15) is 12.8 Å². The molecule has 3 aromatic heterocycles. The number of hydrogen-bond donors (Lipinski definition) is 2. The summed E-state index contributed by atoms with van der Waals surface area (Å²) in [6.45, 7) is 8.83. The van der Waals surface area contributed by atoms with Crippen LogP contribution in [0.2, 0.25) is 0 Å². The third kappa shape index (κ3) is 7.73. The second-order valence-electron chi connectivity index (χ2n) is 11.8. The molecule has 2 N–H and O–H groups in total. The van der Waals surface area contributed by atoms with E-state index in [2.05, 4.69) is 56.6 Å². The summed E-state index contributed by atoms with van der Waals surface area (Å²) in [5.41, 5.74) is 4.23. The van der Waals surface area contributed by atoms with E-state index in [0.29, 0.717) is 36.0 Å². The Labute approximate surface area is 252 Å². The summed E-state index contributed by atoms with van der Waals surface area (Å²) in [6.07, 6.45) is 11.0. The molecule has 0 spiro atoms. The highest BCUT2D eigenvalue weighted by atomic mass is 32.2. The Morgan fingerprint density at radius 2 is 1.70 bits per heavy atom. The molecule has 1 saturated carbocycles. The topological polar surface area (TPSA) is 126 Å². The number of nitrogens with zero attached hydrogens (tertiary/aromatic N) is 6. The van der Waals surface area contributed by atoms with Gasteiger partial charge in [-0.1, -0.05) is 25.0 Å². The Hall–Kier alpha value is -3.48. The molecule has 1 saturated heterocycles. The number of anilines is 2. The summed E-state index contributed by atoms with van der Waals surface area (Å²) >= 11 is 0. The first-order valence-corrected chi connectivity index (χ1v) is 16.7. The van der Waals surface area contributed by atoms with Crippen molar-refractivity contribution in [2.45, 2.75) is 77.3 Å². The minimum Gasteiger partial charge on any atom is -0.325 e. The van der Waals surface area contributed by atoms with Crippen LogP contribution >= 0.6 is 0 Å². The van der Waals surface area contributed by atoms with Gasteiger partial charge in [-0.15, -0.1) is 0 Å². The molecule has 6 rings (SSSR count). The number of nitrogens with one attached hydrogen (secondary N) is 1. The molecular weight excluding hydrogens is 569 g/mol. The summed E-state index contributed by atoms with van der Waals surface area (Å²) in [7, 11) is -3.67. The van der Waals surface area contributed by atoms with E-state index in [1.807, 2.05) is 30.5 Å². The van der Waals surface area contributed by atoms with Gasteiger partial charge < -0.3 is 14.8 Å². The number of pyridine rings is 1. The van der Waals surface area contributed by atoms with Gasteiger partial charge in [0.25, 0.3) is 10.1 Å². The van der Waals surface area contributed by atoms with Crippen LogP contribution in [-0.4, -0.2) is 67.8 Å². The van der Waals surface area contributed by atoms with E-state index in [0.717, 1.165) is 61.2 Å². The van der Waals surface area contributed by atoms with Crippen LogP contribution in [0.25, 0.3) is 22.3 Å². The van der Waals surface area contributed by atoms with Crippen molar-refractivity contribution in [1.82, 2.24) is 29.4 Å². The molecule has 1 aliphatic carbocycles. The van der Waals surface area contributed by atoms with Gasteiger partial charge >= 0.3 is 0 Å². The van der Waals surface area contributed by atoms with Gasteiger partial charge in [0.15, 0.2) is 5.82 Å². The zero-order valence-corrected chi connectivity index (χ0v) is 26.0. The van der Waals surface area contributed by atoms with Crippen LogP contribution in [0.15, 0.2) is 42.7 Å². The lowest BCUT2D eigenvalue weighted by molar-refractivity contribution is 0.172. The normalized spacial score (nSPS) is 16.9. The number of aryl methyl sites for hydroxylation is 1. The minimum absolute atomic E-state index is 0.273. The van der Waals surface area contributed by atoms with Gasteiger partial charge in [-0.05, 0) is 89.2 Å². The van der Waals surface area contributed by atoms with E-state index < -0.39 is 15.9 Å². The third-order valence-corrected chi connectivity index (χ3v) is 8.33. The summed E-state index contributed by atoms with van der Waals surface area (Å²) in [5.74, 6) is 2.07. The first-order chi connectivity index (χ1) is 20.5. The number of halogens is 1. The molecule has 4 heterocycles. The Bertz CT molecular complexity index is 1650. The smallest absolute Gasteiger partial charge is 0.261 e. The van der Waals surface area contributed by atoms with Crippen molar-refractivity contribution in [3.05, 3.63) is 59.9 Å². The lowest BCUT2D eigenvalue weighted by Crippen LogP contribution is -2.37. The van der Waals surface area contributed by atoms with E-state index in [1.165, 1.54) is 24.6 Å². The second kappa shape index (κ2) is 13.0. The monoisotopic (exact) mass is 609 g/mol. The van der Waals surface area contributed by atoms with Crippen molar-refractivity contribution in [3.8, 4) is 11.3 Å². The zero-order chi connectivity index (χ0) is 30.7. The summed E-state index contributed by atoms with van der Waals surface area (Å²) in [5, 5.41) is 3.17. The largest absolute Gasteiger partial charge is 0.325 e. The van der Waals surface area contributed by atoms with Gasteiger partial charge in [-0.25, -0.2) is 24.3 Å². The average Bonchev–Trinajstić information content (AvgIpc) is 3.60. The average molecular weight is 610 g/mol. The van der Waals surface area contributed by atoms with Gasteiger partial charge in [0.05, 0.1) is 23.5 Å². The molecule has 4 aromatic rings. The Morgan fingerprint density at radius 1 is 1.00 bits per heavy atom. The van der Waals surface area contributed by atoms with E-state index in [-0.39, 0.29) is 5.69 Å². The van der Waals surface area contributed by atoms with Crippen LogP contribution in [-0.2, 0) is 10.1 Å². The molecule has 1 aromatic carbocycles. The number of likely N-dealkylation sites (tertiary alicyclic amines) is 1. The van der Waals surface area contributed by atoms with Crippen molar-refractivity contribution in [3.63, 3.8) is 0 Å². The first kappa shape index (κ1) is 31.0. The van der Waals surface area contributed by atoms with Crippen molar-refractivity contribution < 1.29 is 17.4 Å². The number of hydrogen-bond acceptors (Lipinski definition) is 8. The SMILES string of the molecule is CS(=O)(=O)O.Cc1nc2ccc(-c3nc(Nc4ccc(C5CCN(C(C)C)CC5)cn4)ncc3F)cc2n1C1CCCC1. The van der Waals surface area contributed by atoms with Crippen LogP contribution in [0, 0.1) is 12.7 Å². The van der Waals surface area contributed by atoms with Crippen molar-refractivity contribution in [1.29, 1.82) is 0 Å². The van der Waals surface area contributed by atoms with E-state index >= 15 is 0 Å². The third-order valence-electron chi connectivity index (χ3n) is 8.33. The lowest BCUT2D eigenvalue weighted by Gasteiger charge is -2.34. The fourth-order valence-corrected chi connectivity index (χ4v) is 6.20. The number of rotatable bonds is 6. The fraction of sp³-hybridized carbons (Fsp3) is 0.484. The first-order valence-electron chi connectivity index (χ1n) is 14.9. The summed E-state index contributed by atoms with van der Waals surface area (Å²) in [4.78, 5) is 20.6. The van der Waals surface area contributed by atoms with Gasteiger partial charge in [0.2, 0.25) is 5.95 Å². The maximum absolute atomic E-state index is 14.9. The van der Waals surface area contributed by atoms with Crippen LogP contribution < -0.4 is 5.32 Å². The van der Waals surface area contributed by atoms with Crippen LogP contribution in [0.3, 0.4) is 0 Å². The van der Waals surface area contributed by atoms with E-state index in [4.69, 9.17) is 9.54 Å². The van der Waals surface area contributed by atoms with Crippen molar-refractivity contribution in [2.75, 3.05) is 24.7 Å². The number of benzene rings is 1. The predicted octanol–water partition coefficient (Wildman–Crippen LogP) is 6.29. The van der Waals surface area contributed by atoms with Crippen molar-refractivity contribution in [2.24, 2.45) is 0 Å².